The largest absolute Gasteiger partial charge is 0.324 e. The first kappa shape index (κ1) is 12.1. The Labute approximate surface area is 99.1 Å². The number of halogens is 3. The summed E-state index contributed by atoms with van der Waals surface area (Å²) in [6.07, 6.45) is 0. The molecule has 1 aromatic carbocycles. The Hall–Kier alpha value is 0.0500. The van der Waals surface area contributed by atoms with Gasteiger partial charge in [0.15, 0.2) is 0 Å². The quantitative estimate of drug-likeness (QED) is 0.780. The lowest BCUT2D eigenvalue weighted by molar-refractivity contribution is 0.514. The summed E-state index contributed by atoms with van der Waals surface area (Å²) < 4.78 is 0. The number of hydrogen-bond acceptors (Lipinski definition) is 1. The molecule has 0 amide bonds. The van der Waals surface area contributed by atoms with Gasteiger partial charge in [-0.2, -0.15) is 0 Å². The van der Waals surface area contributed by atoms with Crippen LogP contribution < -0.4 is 5.73 Å². The highest BCUT2D eigenvalue weighted by Crippen LogP contribution is 2.36. The van der Waals surface area contributed by atoms with Gasteiger partial charge in [0.05, 0.1) is 10.0 Å². The lowest BCUT2D eigenvalue weighted by atomic mass is 9.97. The molecule has 0 aliphatic carbocycles. The molecule has 1 rings (SSSR count). The topological polar surface area (TPSA) is 26.0 Å². The van der Waals surface area contributed by atoms with E-state index in [-0.39, 0.29) is 12.0 Å². The molecule has 0 spiro atoms. The zero-order valence-electron chi connectivity index (χ0n) is 8.02. The molecule has 1 nitrogen and oxygen atoms in total. The van der Waals surface area contributed by atoms with Gasteiger partial charge in [0.25, 0.3) is 0 Å². The van der Waals surface area contributed by atoms with E-state index in [2.05, 4.69) is 0 Å². The molecule has 0 bridgehead atoms. The number of benzene rings is 1. The minimum absolute atomic E-state index is 0.186. The van der Waals surface area contributed by atoms with E-state index in [0.717, 1.165) is 5.56 Å². The van der Waals surface area contributed by atoms with Gasteiger partial charge < -0.3 is 5.73 Å². The minimum atomic E-state index is -0.186. The number of rotatable bonds is 2. The smallest absolute Gasteiger partial charge is 0.0655 e. The van der Waals surface area contributed by atoms with Crippen LogP contribution in [-0.4, -0.2) is 0 Å². The Morgan fingerprint density at radius 1 is 1.07 bits per heavy atom. The number of hydrogen-bond donors (Lipinski definition) is 1. The first-order valence-corrected chi connectivity index (χ1v) is 5.47. The minimum Gasteiger partial charge on any atom is -0.324 e. The second kappa shape index (κ2) is 4.71. The molecule has 78 valence electrons. The average Bonchev–Trinajstić information content (AvgIpc) is 2.12. The summed E-state index contributed by atoms with van der Waals surface area (Å²) >= 11 is 17.9. The predicted octanol–water partition coefficient (Wildman–Crippen LogP) is 4.30. The van der Waals surface area contributed by atoms with E-state index in [1.807, 2.05) is 13.8 Å². The summed E-state index contributed by atoms with van der Waals surface area (Å²) in [5.74, 6) is 0.267. The maximum Gasteiger partial charge on any atom is 0.0655 e. The summed E-state index contributed by atoms with van der Waals surface area (Å²) in [7, 11) is 0. The van der Waals surface area contributed by atoms with Crippen molar-refractivity contribution >= 4 is 34.8 Å². The lowest BCUT2D eigenvalue weighted by Gasteiger charge is -2.19. The van der Waals surface area contributed by atoms with Gasteiger partial charge in [-0.25, -0.2) is 0 Å². The van der Waals surface area contributed by atoms with Gasteiger partial charge in [0.2, 0.25) is 0 Å². The highest BCUT2D eigenvalue weighted by Gasteiger charge is 2.18. The van der Waals surface area contributed by atoms with Crippen LogP contribution >= 0.6 is 34.8 Å². The van der Waals surface area contributed by atoms with Crippen molar-refractivity contribution in [1.82, 2.24) is 0 Å². The number of nitrogens with two attached hydrogens (primary N) is 1. The van der Waals surface area contributed by atoms with E-state index in [9.17, 15) is 0 Å². The summed E-state index contributed by atoms with van der Waals surface area (Å²) in [5, 5.41) is 1.52. The van der Waals surface area contributed by atoms with Crippen LogP contribution in [0, 0.1) is 5.92 Å². The predicted molar refractivity (Wildman–Crippen MR) is 63.2 cm³/mol. The Kier molecular flexibility index (Phi) is 4.08. The molecule has 0 aromatic heterocycles. The first-order valence-electron chi connectivity index (χ1n) is 4.34. The SMILES string of the molecule is CC(C)C(N)c1c(Cl)ccc(Cl)c1Cl. The molecule has 2 N–H and O–H groups in total. The van der Waals surface area contributed by atoms with Crippen LogP contribution in [0.15, 0.2) is 12.1 Å². The van der Waals surface area contributed by atoms with E-state index in [1.54, 1.807) is 12.1 Å². The molecule has 0 heterocycles. The monoisotopic (exact) mass is 251 g/mol. The van der Waals surface area contributed by atoms with Crippen molar-refractivity contribution < 1.29 is 0 Å². The van der Waals surface area contributed by atoms with Gasteiger partial charge in [-0.15, -0.1) is 0 Å². The van der Waals surface area contributed by atoms with Crippen LogP contribution in [0.25, 0.3) is 0 Å². The van der Waals surface area contributed by atoms with Gasteiger partial charge in [0, 0.05) is 16.6 Å². The Morgan fingerprint density at radius 2 is 1.57 bits per heavy atom. The fraction of sp³-hybridized carbons (Fsp3) is 0.400. The molecule has 4 heteroatoms. The van der Waals surface area contributed by atoms with E-state index < -0.39 is 0 Å². The molecule has 0 radical (unpaired) electrons. The first-order chi connectivity index (χ1) is 6.45. The highest BCUT2D eigenvalue weighted by molar-refractivity contribution is 6.44. The van der Waals surface area contributed by atoms with Crippen molar-refractivity contribution in [3.05, 3.63) is 32.8 Å². The van der Waals surface area contributed by atoms with Gasteiger partial charge in [0.1, 0.15) is 0 Å². The van der Waals surface area contributed by atoms with Crippen LogP contribution in [0.5, 0.6) is 0 Å². The summed E-state index contributed by atoms with van der Waals surface area (Å²) in [4.78, 5) is 0. The van der Waals surface area contributed by atoms with Crippen LogP contribution in [0.4, 0.5) is 0 Å². The van der Waals surface area contributed by atoms with Crippen molar-refractivity contribution in [2.75, 3.05) is 0 Å². The van der Waals surface area contributed by atoms with Gasteiger partial charge >= 0.3 is 0 Å². The Bertz CT molecular complexity index is 336. The fourth-order valence-corrected chi connectivity index (χ4v) is 1.97. The zero-order valence-corrected chi connectivity index (χ0v) is 10.3. The van der Waals surface area contributed by atoms with Crippen LogP contribution in [-0.2, 0) is 0 Å². The maximum absolute atomic E-state index is 6.04. The summed E-state index contributed by atoms with van der Waals surface area (Å²) in [6, 6.07) is 3.20. The van der Waals surface area contributed by atoms with Crippen molar-refractivity contribution in [3.63, 3.8) is 0 Å². The van der Waals surface area contributed by atoms with Crippen molar-refractivity contribution in [2.24, 2.45) is 11.7 Å². The summed E-state index contributed by atoms with van der Waals surface area (Å²) in [5.41, 5.74) is 6.71. The standard InChI is InChI=1S/C10H12Cl3N/c1-5(2)10(14)8-6(11)3-4-7(12)9(8)13/h3-5,10H,14H2,1-2H3. The molecule has 0 aliphatic heterocycles. The van der Waals surface area contributed by atoms with E-state index in [0.29, 0.717) is 15.1 Å². The van der Waals surface area contributed by atoms with Crippen molar-refractivity contribution in [3.8, 4) is 0 Å². The molecule has 0 fully saturated rings. The normalized spacial score (nSPS) is 13.4. The van der Waals surface area contributed by atoms with Crippen molar-refractivity contribution in [1.29, 1.82) is 0 Å². The third kappa shape index (κ3) is 2.34. The van der Waals surface area contributed by atoms with Gasteiger partial charge in [-0.05, 0) is 18.1 Å². The molecule has 14 heavy (non-hydrogen) atoms. The van der Waals surface area contributed by atoms with E-state index in [1.165, 1.54) is 0 Å². The van der Waals surface area contributed by atoms with Gasteiger partial charge in [-0.1, -0.05) is 48.7 Å². The molecule has 1 aromatic rings. The maximum atomic E-state index is 6.04. The molecule has 1 atom stereocenters. The third-order valence-corrected chi connectivity index (χ3v) is 3.28. The van der Waals surface area contributed by atoms with E-state index in [4.69, 9.17) is 40.5 Å². The Morgan fingerprint density at radius 3 is 2.07 bits per heavy atom. The van der Waals surface area contributed by atoms with Crippen LogP contribution in [0.3, 0.4) is 0 Å². The second-order valence-electron chi connectivity index (χ2n) is 3.53. The lowest BCUT2D eigenvalue weighted by Crippen LogP contribution is -2.17. The average molecular weight is 253 g/mol. The Balaban J connectivity index is 3.25. The van der Waals surface area contributed by atoms with Gasteiger partial charge in [-0.3, -0.25) is 0 Å². The van der Waals surface area contributed by atoms with Crippen LogP contribution in [0.1, 0.15) is 25.5 Å². The summed E-state index contributed by atoms with van der Waals surface area (Å²) in [6.45, 7) is 4.02. The highest BCUT2D eigenvalue weighted by atomic mass is 35.5. The molecule has 0 saturated heterocycles. The fourth-order valence-electron chi connectivity index (χ4n) is 1.18. The second-order valence-corrected chi connectivity index (χ2v) is 4.72. The molecular weight excluding hydrogens is 240 g/mol. The molecular formula is C10H12Cl3N. The van der Waals surface area contributed by atoms with Crippen LogP contribution in [0.2, 0.25) is 15.1 Å². The van der Waals surface area contributed by atoms with E-state index >= 15 is 0 Å². The molecule has 0 saturated carbocycles. The van der Waals surface area contributed by atoms with Crippen molar-refractivity contribution in [2.45, 2.75) is 19.9 Å². The third-order valence-electron chi connectivity index (χ3n) is 2.13. The molecule has 0 aliphatic rings. The molecule has 1 unspecified atom stereocenters. The zero-order chi connectivity index (χ0) is 10.9.